The van der Waals surface area contributed by atoms with Crippen LogP contribution in [0.15, 0.2) is 24.3 Å². The van der Waals surface area contributed by atoms with E-state index in [-0.39, 0.29) is 17.8 Å². The molecule has 0 radical (unpaired) electrons. The molecule has 23 heavy (non-hydrogen) atoms. The van der Waals surface area contributed by atoms with Gasteiger partial charge in [0.15, 0.2) is 0 Å². The summed E-state index contributed by atoms with van der Waals surface area (Å²) in [6.07, 6.45) is 4.42. The number of nitrogens with zero attached hydrogens (tertiary/aromatic N) is 1. The molecule has 2 aliphatic heterocycles. The summed E-state index contributed by atoms with van der Waals surface area (Å²) in [6.45, 7) is 3.09. The first-order valence-corrected chi connectivity index (χ1v) is 8.59. The molecule has 0 saturated carbocycles. The highest BCUT2D eigenvalue weighted by Gasteiger charge is 2.24. The Morgan fingerprint density at radius 3 is 2.74 bits per heavy atom. The summed E-state index contributed by atoms with van der Waals surface area (Å²) >= 11 is 0. The molecule has 5 heteroatoms. The Balaban J connectivity index is 1.44. The van der Waals surface area contributed by atoms with Crippen LogP contribution < -0.4 is 10.2 Å². The van der Waals surface area contributed by atoms with E-state index in [0.29, 0.717) is 24.6 Å². The highest BCUT2D eigenvalue weighted by molar-refractivity contribution is 5.76. The molecular formula is C18H25FN2O2. The summed E-state index contributed by atoms with van der Waals surface area (Å²) in [5.74, 6) is 0.319. The Hall–Kier alpha value is -1.62. The van der Waals surface area contributed by atoms with E-state index >= 15 is 0 Å². The van der Waals surface area contributed by atoms with Crippen molar-refractivity contribution >= 4 is 11.6 Å². The number of carbonyl (C=O) groups excluding carboxylic acids is 1. The number of hydrogen-bond donors (Lipinski definition) is 1. The van der Waals surface area contributed by atoms with Crippen LogP contribution in [0.3, 0.4) is 0 Å². The number of halogens is 1. The lowest BCUT2D eigenvalue weighted by molar-refractivity contribution is -0.123. The second-order valence-corrected chi connectivity index (χ2v) is 6.57. The number of ether oxygens (including phenoxy) is 1. The SMILES string of the molecule is O=C(CC1CCCOC1)NC1CCN(c2ccccc2F)CC1. The number of nitrogens with one attached hydrogen (secondary N) is 1. The molecule has 3 rings (SSSR count). The van der Waals surface area contributed by atoms with Crippen LogP contribution in [-0.4, -0.2) is 38.3 Å². The number of anilines is 1. The summed E-state index contributed by atoms with van der Waals surface area (Å²) in [5.41, 5.74) is 0.664. The van der Waals surface area contributed by atoms with Crippen molar-refractivity contribution in [2.75, 3.05) is 31.2 Å². The van der Waals surface area contributed by atoms with E-state index < -0.39 is 0 Å². The molecule has 0 bridgehead atoms. The van der Waals surface area contributed by atoms with Gasteiger partial charge in [-0.25, -0.2) is 4.39 Å². The summed E-state index contributed by atoms with van der Waals surface area (Å²) in [7, 11) is 0. The van der Waals surface area contributed by atoms with Crippen molar-refractivity contribution in [1.82, 2.24) is 5.32 Å². The fourth-order valence-corrected chi connectivity index (χ4v) is 3.49. The Bertz CT molecular complexity index is 524. The Morgan fingerprint density at radius 1 is 1.26 bits per heavy atom. The largest absolute Gasteiger partial charge is 0.381 e. The minimum atomic E-state index is -0.174. The average Bonchev–Trinajstić information content (AvgIpc) is 2.57. The first-order valence-electron chi connectivity index (χ1n) is 8.59. The van der Waals surface area contributed by atoms with Gasteiger partial charge >= 0.3 is 0 Å². The minimum absolute atomic E-state index is 0.129. The summed E-state index contributed by atoms with van der Waals surface area (Å²) in [5, 5.41) is 3.14. The van der Waals surface area contributed by atoms with E-state index in [4.69, 9.17) is 4.74 Å². The van der Waals surface area contributed by atoms with Crippen molar-refractivity contribution in [3.05, 3.63) is 30.1 Å². The fraction of sp³-hybridized carbons (Fsp3) is 0.611. The highest BCUT2D eigenvalue weighted by atomic mass is 19.1. The first-order chi connectivity index (χ1) is 11.2. The van der Waals surface area contributed by atoms with Crippen molar-refractivity contribution in [2.24, 2.45) is 5.92 Å². The molecule has 1 N–H and O–H groups in total. The number of carbonyl (C=O) groups is 1. The predicted molar refractivity (Wildman–Crippen MR) is 87.9 cm³/mol. The lowest BCUT2D eigenvalue weighted by atomic mass is 9.97. The van der Waals surface area contributed by atoms with Crippen LogP contribution >= 0.6 is 0 Å². The molecule has 2 fully saturated rings. The molecule has 1 unspecified atom stereocenters. The van der Waals surface area contributed by atoms with Gasteiger partial charge in [0.05, 0.1) is 5.69 Å². The third-order valence-electron chi connectivity index (χ3n) is 4.78. The average molecular weight is 320 g/mol. The molecule has 4 nitrogen and oxygen atoms in total. The normalized spacial score (nSPS) is 22.8. The van der Waals surface area contributed by atoms with Crippen LogP contribution in [0.25, 0.3) is 0 Å². The Kier molecular flexibility index (Phi) is 5.49. The lowest BCUT2D eigenvalue weighted by Crippen LogP contribution is -2.45. The number of piperidine rings is 1. The zero-order valence-electron chi connectivity index (χ0n) is 13.5. The van der Waals surface area contributed by atoms with Crippen LogP contribution in [0.1, 0.15) is 32.1 Å². The van der Waals surface area contributed by atoms with Gasteiger partial charge in [0, 0.05) is 38.8 Å². The van der Waals surface area contributed by atoms with Crippen LogP contribution in [0, 0.1) is 11.7 Å². The molecular weight excluding hydrogens is 295 g/mol. The van der Waals surface area contributed by atoms with Gasteiger partial charge < -0.3 is 15.0 Å². The van der Waals surface area contributed by atoms with Crippen LogP contribution in [0.5, 0.6) is 0 Å². The molecule has 1 aromatic rings. The number of para-hydroxylation sites is 1. The summed E-state index contributed by atoms with van der Waals surface area (Å²) < 4.78 is 19.2. The molecule has 0 spiro atoms. The standard InChI is InChI=1S/C18H25FN2O2/c19-16-5-1-2-6-17(16)21-9-7-15(8-10-21)20-18(22)12-14-4-3-11-23-13-14/h1-2,5-6,14-15H,3-4,7-13H2,(H,20,22). The van der Waals surface area contributed by atoms with Gasteiger partial charge in [-0.05, 0) is 43.7 Å². The molecule has 2 heterocycles. The van der Waals surface area contributed by atoms with Gasteiger partial charge in [-0.3, -0.25) is 4.79 Å². The third kappa shape index (κ3) is 4.44. The number of rotatable bonds is 4. The van der Waals surface area contributed by atoms with Gasteiger partial charge in [-0.2, -0.15) is 0 Å². The zero-order chi connectivity index (χ0) is 16.1. The van der Waals surface area contributed by atoms with Crippen molar-refractivity contribution in [2.45, 2.75) is 38.1 Å². The molecule has 1 amide bonds. The fourth-order valence-electron chi connectivity index (χ4n) is 3.49. The van der Waals surface area contributed by atoms with Crippen molar-refractivity contribution < 1.29 is 13.9 Å². The monoisotopic (exact) mass is 320 g/mol. The maximum Gasteiger partial charge on any atom is 0.220 e. The zero-order valence-corrected chi connectivity index (χ0v) is 13.5. The van der Waals surface area contributed by atoms with E-state index in [2.05, 4.69) is 10.2 Å². The summed E-state index contributed by atoms with van der Waals surface area (Å²) in [4.78, 5) is 14.2. The molecule has 0 aliphatic carbocycles. The lowest BCUT2D eigenvalue weighted by Gasteiger charge is -2.34. The number of amides is 1. The van der Waals surface area contributed by atoms with Gasteiger partial charge in [-0.15, -0.1) is 0 Å². The van der Waals surface area contributed by atoms with Gasteiger partial charge in [-0.1, -0.05) is 12.1 Å². The van der Waals surface area contributed by atoms with Crippen LogP contribution in [0.4, 0.5) is 10.1 Å². The van der Waals surface area contributed by atoms with E-state index in [0.717, 1.165) is 45.4 Å². The van der Waals surface area contributed by atoms with E-state index in [1.807, 2.05) is 12.1 Å². The molecule has 2 saturated heterocycles. The molecule has 126 valence electrons. The molecule has 1 aromatic carbocycles. The Morgan fingerprint density at radius 2 is 2.04 bits per heavy atom. The van der Waals surface area contributed by atoms with E-state index in [9.17, 15) is 9.18 Å². The smallest absolute Gasteiger partial charge is 0.220 e. The van der Waals surface area contributed by atoms with Gasteiger partial charge in [0.25, 0.3) is 0 Å². The Labute approximate surface area is 137 Å². The minimum Gasteiger partial charge on any atom is -0.381 e. The molecule has 2 aliphatic rings. The van der Waals surface area contributed by atoms with Gasteiger partial charge in [0.2, 0.25) is 5.91 Å². The topological polar surface area (TPSA) is 41.6 Å². The van der Waals surface area contributed by atoms with Crippen LogP contribution in [-0.2, 0) is 9.53 Å². The quantitative estimate of drug-likeness (QED) is 0.927. The maximum atomic E-state index is 13.8. The van der Waals surface area contributed by atoms with Gasteiger partial charge in [0.1, 0.15) is 5.82 Å². The third-order valence-corrected chi connectivity index (χ3v) is 4.78. The number of hydrogen-bond acceptors (Lipinski definition) is 3. The summed E-state index contributed by atoms with van der Waals surface area (Å²) in [6, 6.07) is 7.08. The second kappa shape index (κ2) is 7.77. The molecule has 1 atom stereocenters. The van der Waals surface area contributed by atoms with Crippen molar-refractivity contribution in [1.29, 1.82) is 0 Å². The molecule has 0 aromatic heterocycles. The highest BCUT2D eigenvalue weighted by Crippen LogP contribution is 2.23. The maximum absolute atomic E-state index is 13.8. The van der Waals surface area contributed by atoms with E-state index in [1.165, 1.54) is 6.07 Å². The first kappa shape index (κ1) is 16.2. The number of benzene rings is 1. The predicted octanol–water partition coefficient (Wildman–Crippen LogP) is 2.73. The van der Waals surface area contributed by atoms with Crippen molar-refractivity contribution in [3.63, 3.8) is 0 Å². The van der Waals surface area contributed by atoms with Crippen molar-refractivity contribution in [3.8, 4) is 0 Å². The van der Waals surface area contributed by atoms with E-state index in [1.54, 1.807) is 6.07 Å². The second-order valence-electron chi connectivity index (χ2n) is 6.57. The van der Waals surface area contributed by atoms with Crippen LogP contribution in [0.2, 0.25) is 0 Å².